The minimum absolute atomic E-state index is 0.183. The van der Waals surface area contributed by atoms with Crippen molar-refractivity contribution in [2.45, 2.75) is 13.5 Å². The molecule has 3 aromatic rings. The number of hydrogen-bond donors (Lipinski definition) is 3. The fourth-order valence-electron chi connectivity index (χ4n) is 2.82. The van der Waals surface area contributed by atoms with E-state index in [9.17, 15) is 9.59 Å². The predicted molar refractivity (Wildman–Crippen MR) is 130 cm³/mol. The Morgan fingerprint density at radius 3 is 2.31 bits per heavy atom. The smallest absolute Gasteiger partial charge is 0.336 e. The molecule has 0 atom stereocenters. The van der Waals surface area contributed by atoms with E-state index in [1.165, 1.54) is 14.0 Å². The number of rotatable bonds is 7. The molecule has 3 amide bonds. The number of carbonyl (C=O) groups is 2. The third kappa shape index (κ3) is 6.09. The number of ether oxygens (including phenoxy) is 2. The van der Waals surface area contributed by atoms with Crippen LogP contribution in [0, 0.1) is 0 Å². The average molecular weight is 472 g/mol. The Morgan fingerprint density at radius 2 is 1.69 bits per heavy atom. The third-order valence-corrected chi connectivity index (χ3v) is 5.07. The van der Waals surface area contributed by atoms with Crippen LogP contribution in [0.25, 0.3) is 0 Å². The number of halogens is 1. The van der Waals surface area contributed by atoms with Gasteiger partial charge in [0.1, 0.15) is 18.1 Å². The number of urea groups is 1. The molecule has 0 aromatic heterocycles. The Morgan fingerprint density at radius 1 is 1.00 bits per heavy atom. The van der Waals surface area contributed by atoms with Crippen molar-refractivity contribution in [1.82, 2.24) is 0 Å². The summed E-state index contributed by atoms with van der Waals surface area (Å²) in [5.74, 6) is 0.632. The molecule has 0 spiro atoms. The van der Waals surface area contributed by atoms with E-state index in [1.54, 1.807) is 36.4 Å². The lowest BCUT2D eigenvalue weighted by atomic mass is 10.2. The van der Waals surface area contributed by atoms with Gasteiger partial charge in [-0.3, -0.25) is 4.79 Å². The predicted octanol–water partition coefficient (Wildman–Crippen LogP) is 5.77. The van der Waals surface area contributed by atoms with E-state index in [0.717, 1.165) is 9.87 Å². The molecule has 3 aromatic carbocycles. The van der Waals surface area contributed by atoms with Gasteiger partial charge in [-0.05, 0) is 35.9 Å². The van der Waals surface area contributed by atoms with Gasteiger partial charge in [0.25, 0.3) is 0 Å². The first kappa shape index (κ1) is 23.3. The van der Waals surface area contributed by atoms with E-state index < -0.39 is 6.03 Å². The maximum Gasteiger partial charge on any atom is 0.336 e. The van der Waals surface area contributed by atoms with E-state index in [0.29, 0.717) is 40.2 Å². The van der Waals surface area contributed by atoms with Gasteiger partial charge in [0.15, 0.2) is 0 Å². The highest BCUT2D eigenvalue weighted by molar-refractivity contribution is 7.82. The molecular weight excluding hydrogens is 450 g/mol. The number of nitrogens with one attached hydrogen (secondary N) is 2. The van der Waals surface area contributed by atoms with Crippen LogP contribution in [0.15, 0.2) is 66.7 Å². The molecule has 32 heavy (non-hydrogen) atoms. The first-order valence-electron chi connectivity index (χ1n) is 9.59. The number of amides is 3. The largest absolute Gasteiger partial charge is 0.495 e. The molecule has 166 valence electrons. The second-order valence-electron chi connectivity index (χ2n) is 6.73. The van der Waals surface area contributed by atoms with Gasteiger partial charge in [0.2, 0.25) is 5.91 Å². The molecular formula is C23H22ClN3O4S. The van der Waals surface area contributed by atoms with E-state index in [-0.39, 0.29) is 5.91 Å². The molecule has 0 fully saturated rings. The van der Waals surface area contributed by atoms with Gasteiger partial charge in [0, 0.05) is 18.7 Å². The Bertz CT molecular complexity index is 1090. The summed E-state index contributed by atoms with van der Waals surface area (Å²) >= 11 is 10.6. The molecule has 7 nitrogen and oxygen atoms in total. The van der Waals surface area contributed by atoms with Crippen LogP contribution >= 0.6 is 24.4 Å². The highest BCUT2D eigenvalue weighted by Gasteiger charge is 2.17. The van der Waals surface area contributed by atoms with Crippen LogP contribution in [0.1, 0.15) is 12.5 Å². The van der Waals surface area contributed by atoms with Crippen molar-refractivity contribution in [3.05, 3.63) is 77.3 Å². The molecule has 3 rings (SSSR count). The van der Waals surface area contributed by atoms with Crippen LogP contribution in [0.3, 0.4) is 0 Å². The lowest BCUT2D eigenvalue weighted by Gasteiger charge is -2.19. The minimum Gasteiger partial charge on any atom is -0.495 e. The molecule has 0 bridgehead atoms. The SMILES string of the molecule is COc1cc(OCc2ccccc2)c(NC(=O)N(S)c2ccc(NC(C)=O)cc2)cc1Cl. The van der Waals surface area contributed by atoms with Crippen molar-refractivity contribution < 1.29 is 19.1 Å². The summed E-state index contributed by atoms with van der Waals surface area (Å²) in [6, 6.07) is 18.9. The number of nitrogens with zero attached hydrogens (tertiary/aromatic N) is 1. The van der Waals surface area contributed by atoms with E-state index >= 15 is 0 Å². The van der Waals surface area contributed by atoms with Gasteiger partial charge in [-0.15, -0.1) is 0 Å². The highest BCUT2D eigenvalue weighted by Crippen LogP contribution is 2.37. The highest BCUT2D eigenvalue weighted by atomic mass is 35.5. The number of carbonyl (C=O) groups excluding carboxylic acids is 2. The molecule has 0 saturated carbocycles. The van der Waals surface area contributed by atoms with Crippen LogP contribution in [-0.4, -0.2) is 19.0 Å². The first-order chi connectivity index (χ1) is 15.4. The fraction of sp³-hybridized carbons (Fsp3) is 0.130. The molecule has 0 aliphatic rings. The monoisotopic (exact) mass is 471 g/mol. The molecule has 0 saturated heterocycles. The molecule has 0 aliphatic carbocycles. The molecule has 0 aliphatic heterocycles. The lowest BCUT2D eigenvalue weighted by Crippen LogP contribution is -2.27. The van der Waals surface area contributed by atoms with Crippen molar-refractivity contribution >= 4 is 53.4 Å². The topological polar surface area (TPSA) is 79.9 Å². The lowest BCUT2D eigenvalue weighted by molar-refractivity contribution is -0.114. The summed E-state index contributed by atoms with van der Waals surface area (Å²) in [4.78, 5) is 24.0. The van der Waals surface area contributed by atoms with Crippen molar-refractivity contribution in [2.24, 2.45) is 0 Å². The van der Waals surface area contributed by atoms with Crippen LogP contribution < -0.4 is 24.4 Å². The van der Waals surface area contributed by atoms with E-state index in [1.807, 2.05) is 30.3 Å². The Kier molecular flexibility index (Phi) is 7.86. The number of benzene rings is 3. The van der Waals surface area contributed by atoms with Crippen LogP contribution in [0.4, 0.5) is 21.9 Å². The van der Waals surface area contributed by atoms with Crippen molar-refractivity contribution in [3.63, 3.8) is 0 Å². The van der Waals surface area contributed by atoms with Crippen LogP contribution in [0.5, 0.6) is 11.5 Å². The standard InChI is InChI=1S/C23H22ClN3O4S/c1-15(28)25-17-8-10-18(11-9-17)27(32)23(29)26-20-12-19(24)21(30-2)13-22(20)31-14-16-6-4-3-5-7-16/h3-13,32H,14H2,1-2H3,(H,25,28)(H,26,29). The Labute approximate surface area is 196 Å². The molecule has 2 N–H and O–H groups in total. The summed E-state index contributed by atoms with van der Waals surface area (Å²) in [5.41, 5.74) is 2.45. The van der Waals surface area contributed by atoms with Gasteiger partial charge < -0.3 is 20.1 Å². The van der Waals surface area contributed by atoms with Crippen molar-refractivity contribution in [2.75, 3.05) is 22.0 Å². The summed E-state index contributed by atoms with van der Waals surface area (Å²) in [6.07, 6.45) is 0. The Hall–Kier alpha value is -3.36. The minimum atomic E-state index is -0.522. The quantitative estimate of drug-likeness (QED) is 0.382. The normalized spacial score (nSPS) is 10.2. The van der Waals surface area contributed by atoms with E-state index in [4.69, 9.17) is 21.1 Å². The summed E-state index contributed by atoms with van der Waals surface area (Å²) in [5, 5.41) is 5.75. The van der Waals surface area contributed by atoms with Gasteiger partial charge in [-0.25, -0.2) is 9.10 Å². The first-order valence-corrected chi connectivity index (χ1v) is 10.4. The second-order valence-corrected chi connectivity index (χ2v) is 7.53. The second kappa shape index (κ2) is 10.8. The molecule has 0 heterocycles. The van der Waals surface area contributed by atoms with Gasteiger partial charge in [-0.2, -0.15) is 0 Å². The maximum atomic E-state index is 12.8. The zero-order chi connectivity index (χ0) is 23.1. The zero-order valence-electron chi connectivity index (χ0n) is 17.5. The third-order valence-electron chi connectivity index (χ3n) is 4.36. The van der Waals surface area contributed by atoms with Gasteiger partial charge in [-0.1, -0.05) is 54.7 Å². The van der Waals surface area contributed by atoms with Crippen LogP contribution in [-0.2, 0) is 11.4 Å². The van der Waals surface area contributed by atoms with E-state index in [2.05, 4.69) is 23.4 Å². The summed E-state index contributed by atoms with van der Waals surface area (Å²) in [6.45, 7) is 1.72. The van der Waals surface area contributed by atoms with Gasteiger partial charge in [0.05, 0.1) is 23.5 Å². The Balaban J connectivity index is 1.77. The number of thiol groups is 1. The van der Waals surface area contributed by atoms with Crippen molar-refractivity contribution in [1.29, 1.82) is 0 Å². The average Bonchev–Trinajstić information content (AvgIpc) is 2.79. The summed E-state index contributed by atoms with van der Waals surface area (Å²) in [7, 11) is 1.50. The maximum absolute atomic E-state index is 12.8. The molecule has 0 radical (unpaired) electrons. The van der Waals surface area contributed by atoms with Crippen LogP contribution in [0.2, 0.25) is 5.02 Å². The fourth-order valence-corrected chi connectivity index (χ4v) is 3.24. The number of hydrogen-bond acceptors (Lipinski definition) is 5. The molecule has 9 heteroatoms. The van der Waals surface area contributed by atoms with Gasteiger partial charge >= 0.3 is 6.03 Å². The number of methoxy groups -OCH3 is 1. The number of anilines is 3. The molecule has 0 unspecified atom stereocenters. The summed E-state index contributed by atoms with van der Waals surface area (Å²) < 4.78 is 12.3. The zero-order valence-corrected chi connectivity index (χ0v) is 19.1. The van der Waals surface area contributed by atoms with Crippen molar-refractivity contribution in [3.8, 4) is 11.5 Å².